The first-order valence-electron chi connectivity index (χ1n) is 6.87. The van der Waals surface area contributed by atoms with E-state index >= 15 is 0 Å². The van der Waals surface area contributed by atoms with Gasteiger partial charge in [0.05, 0.1) is 0 Å². The van der Waals surface area contributed by atoms with Gasteiger partial charge in [0.15, 0.2) is 0 Å². The second kappa shape index (κ2) is 7.54. The summed E-state index contributed by atoms with van der Waals surface area (Å²) in [6.45, 7) is 4.47. The molecule has 2 atom stereocenters. The van der Waals surface area contributed by atoms with Crippen LogP contribution in [0.25, 0.3) is 0 Å². The number of aliphatic hydroxyl groups excluding tert-OH is 2. The molecule has 0 aromatic carbocycles. The number of carbonyl (C=O) groups is 1. The molecular formula is C14H18ClF3N2O4. The minimum atomic E-state index is -4.75. The molecule has 0 aliphatic rings. The summed E-state index contributed by atoms with van der Waals surface area (Å²) in [4.78, 5) is 14.6. The van der Waals surface area contributed by atoms with Gasteiger partial charge in [-0.05, 0) is 38.5 Å². The summed E-state index contributed by atoms with van der Waals surface area (Å²) in [5, 5.41) is 21.5. The summed E-state index contributed by atoms with van der Waals surface area (Å²) in [5.74, 6) is 0. The maximum absolute atomic E-state index is 12.7. The van der Waals surface area contributed by atoms with E-state index in [2.05, 4.69) is 10.3 Å². The van der Waals surface area contributed by atoms with E-state index < -0.39 is 47.5 Å². The molecule has 0 radical (unpaired) electrons. The Morgan fingerprint density at radius 1 is 1.33 bits per heavy atom. The van der Waals surface area contributed by atoms with Crippen molar-refractivity contribution in [2.24, 2.45) is 0 Å². The van der Waals surface area contributed by atoms with Gasteiger partial charge in [-0.3, -0.25) is 0 Å². The monoisotopic (exact) mass is 370 g/mol. The van der Waals surface area contributed by atoms with Crippen LogP contribution >= 0.6 is 11.6 Å². The van der Waals surface area contributed by atoms with Crippen molar-refractivity contribution in [1.82, 2.24) is 10.3 Å². The van der Waals surface area contributed by atoms with Gasteiger partial charge in [-0.2, -0.15) is 13.2 Å². The van der Waals surface area contributed by atoms with Crippen LogP contribution < -0.4 is 5.32 Å². The molecule has 0 spiro atoms. The fourth-order valence-corrected chi connectivity index (χ4v) is 1.89. The van der Waals surface area contributed by atoms with E-state index in [1.165, 1.54) is 0 Å². The molecule has 0 aliphatic carbocycles. The number of halogens is 4. The second-order valence-electron chi connectivity index (χ2n) is 6.00. The number of aliphatic hydroxyl groups is 2. The molecule has 0 saturated heterocycles. The van der Waals surface area contributed by atoms with Crippen LogP contribution in [0.1, 0.15) is 38.1 Å². The highest BCUT2D eigenvalue weighted by molar-refractivity contribution is 6.29. The minimum Gasteiger partial charge on any atom is -0.444 e. The molecule has 0 aliphatic heterocycles. The number of carbonyl (C=O) groups excluding carboxylic acids is 1. The van der Waals surface area contributed by atoms with Crippen LogP contribution in [-0.2, 0) is 10.9 Å². The van der Waals surface area contributed by atoms with Crippen molar-refractivity contribution >= 4 is 17.7 Å². The Hall–Kier alpha value is -1.58. The first kappa shape index (κ1) is 20.5. The first-order valence-corrected chi connectivity index (χ1v) is 7.25. The quantitative estimate of drug-likeness (QED) is 0.709. The molecule has 1 aromatic heterocycles. The van der Waals surface area contributed by atoms with Gasteiger partial charge in [-0.1, -0.05) is 11.6 Å². The average Bonchev–Trinajstić information content (AvgIpc) is 2.40. The summed E-state index contributed by atoms with van der Waals surface area (Å²) in [6, 6.07) is 1.57. The zero-order valence-corrected chi connectivity index (χ0v) is 13.9. The number of alkyl halides is 3. The molecule has 136 valence electrons. The molecule has 0 bridgehead atoms. The Morgan fingerprint density at radius 2 is 1.92 bits per heavy atom. The number of aromatic nitrogens is 1. The van der Waals surface area contributed by atoms with E-state index in [1.54, 1.807) is 20.8 Å². The minimum absolute atomic E-state index is 0.277. The third-order valence-electron chi connectivity index (χ3n) is 2.67. The first-order chi connectivity index (χ1) is 10.8. The van der Waals surface area contributed by atoms with Crippen LogP contribution in [0.15, 0.2) is 12.1 Å². The molecule has 0 fully saturated rings. The van der Waals surface area contributed by atoms with Crippen molar-refractivity contribution in [3.8, 4) is 0 Å². The fourth-order valence-electron chi connectivity index (χ4n) is 1.67. The van der Waals surface area contributed by atoms with Crippen LogP contribution in [0.5, 0.6) is 0 Å². The highest BCUT2D eigenvalue weighted by Gasteiger charge is 2.34. The lowest BCUT2D eigenvalue weighted by atomic mass is 10.0. The van der Waals surface area contributed by atoms with Gasteiger partial charge in [0.1, 0.15) is 28.7 Å². The third kappa shape index (κ3) is 6.50. The van der Waals surface area contributed by atoms with E-state index in [1.807, 2.05) is 0 Å². The normalized spacial score (nSPS) is 14.9. The number of rotatable bonds is 4. The molecule has 24 heavy (non-hydrogen) atoms. The Labute approximate surface area is 141 Å². The third-order valence-corrected chi connectivity index (χ3v) is 2.86. The Bertz CT molecular complexity index is 590. The summed E-state index contributed by atoms with van der Waals surface area (Å²) in [5.41, 5.74) is -2.33. The maximum Gasteiger partial charge on any atom is 0.433 e. The Kier molecular flexibility index (Phi) is 6.43. The van der Waals surface area contributed by atoms with E-state index in [9.17, 15) is 28.2 Å². The van der Waals surface area contributed by atoms with Crippen LogP contribution in [-0.4, -0.2) is 39.5 Å². The lowest BCUT2D eigenvalue weighted by molar-refractivity contribution is -0.141. The Morgan fingerprint density at radius 3 is 2.42 bits per heavy atom. The summed E-state index contributed by atoms with van der Waals surface area (Å²) in [6.07, 6.45) is -8.87. The number of nitrogens with one attached hydrogen (secondary N) is 1. The lowest BCUT2D eigenvalue weighted by Gasteiger charge is -2.22. The lowest BCUT2D eigenvalue weighted by Crippen LogP contribution is -2.38. The van der Waals surface area contributed by atoms with Gasteiger partial charge >= 0.3 is 12.3 Å². The molecule has 1 aromatic rings. The molecule has 6 nitrogen and oxygen atoms in total. The summed E-state index contributed by atoms with van der Waals surface area (Å²) < 4.78 is 43.0. The highest BCUT2D eigenvalue weighted by atomic mass is 35.5. The molecule has 3 N–H and O–H groups in total. The Balaban J connectivity index is 2.77. The van der Waals surface area contributed by atoms with Gasteiger partial charge in [0.2, 0.25) is 0 Å². The van der Waals surface area contributed by atoms with E-state index in [4.69, 9.17) is 16.3 Å². The van der Waals surface area contributed by atoms with E-state index in [0.717, 1.165) is 6.07 Å². The van der Waals surface area contributed by atoms with Gasteiger partial charge < -0.3 is 20.3 Å². The van der Waals surface area contributed by atoms with Gasteiger partial charge in [-0.25, -0.2) is 9.78 Å². The SMILES string of the molecule is CC(C)(C)OC(=O)NCC(O)C(O)c1cc(Cl)nc(C(F)(F)F)c1. The maximum atomic E-state index is 12.7. The van der Waals surface area contributed by atoms with Crippen molar-refractivity contribution < 1.29 is 32.9 Å². The van der Waals surface area contributed by atoms with Crippen LogP contribution in [0, 0.1) is 0 Å². The van der Waals surface area contributed by atoms with Crippen molar-refractivity contribution in [3.05, 3.63) is 28.5 Å². The predicted octanol–water partition coefficient (Wildman–Crippen LogP) is 2.67. The zero-order valence-electron chi connectivity index (χ0n) is 13.2. The molecule has 2 unspecified atom stereocenters. The van der Waals surface area contributed by atoms with Crippen molar-refractivity contribution in [1.29, 1.82) is 0 Å². The van der Waals surface area contributed by atoms with Gasteiger partial charge in [0, 0.05) is 6.54 Å². The van der Waals surface area contributed by atoms with Crippen LogP contribution in [0.2, 0.25) is 5.15 Å². The summed E-state index contributed by atoms with van der Waals surface area (Å²) >= 11 is 5.51. The molecule has 0 saturated carbocycles. The fraction of sp³-hybridized carbons (Fsp3) is 0.571. The second-order valence-corrected chi connectivity index (χ2v) is 6.39. The van der Waals surface area contributed by atoms with Crippen LogP contribution in [0.3, 0.4) is 0 Å². The number of hydrogen-bond acceptors (Lipinski definition) is 5. The smallest absolute Gasteiger partial charge is 0.433 e. The molecule has 1 heterocycles. The number of amides is 1. The van der Waals surface area contributed by atoms with Crippen molar-refractivity contribution in [3.63, 3.8) is 0 Å². The van der Waals surface area contributed by atoms with E-state index in [0.29, 0.717) is 6.07 Å². The van der Waals surface area contributed by atoms with E-state index in [-0.39, 0.29) is 5.56 Å². The van der Waals surface area contributed by atoms with Gasteiger partial charge in [-0.15, -0.1) is 0 Å². The largest absolute Gasteiger partial charge is 0.444 e. The van der Waals surface area contributed by atoms with Crippen LogP contribution in [0.4, 0.5) is 18.0 Å². The number of nitrogens with zero attached hydrogens (tertiary/aromatic N) is 1. The van der Waals surface area contributed by atoms with Crippen molar-refractivity contribution in [2.75, 3.05) is 6.54 Å². The molecule has 10 heteroatoms. The number of pyridine rings is 1. The average molecular weight is 371 g/mol. The summed E-state index contributed by atoms with van der Waals surface area (Å²) in [7, 11) is 0. The zero-order chi connectivity index (χ0) is 18.7. The number of alkyl carbamates (subject to hydrolysis) is 1. The van der Waals surface area contributed by atoms with Crippen molar-refractivity contribution in [2.45, 2.75) is 44.8 Å². The molecule has 1 rings (SSSR count). The highest BCUT2D eigenvalue weighted by Crippen LogP contribution is 2.31. The predicted molar refractivity (Wildman–Crippen MR) is 79.5 cm³/mol. The van der Waals surface area contributed by atoms with Gasteiger partial charge in [0.25, 0.3) is 0 Å². The standard InChI is InChI=1S/C14H18ClF3N2O4/c1-13(2,3)24-12(23)19-6-8(21)11(22)7-4-9(14(16,17)18)20-10(15)5-7/h4-5,8,11,21-22H,6H2,1-3H3,(H,19,23). The molecular weight excluding hydrogens is 353 g/mol. The topological polar surface area (TPSA) is 91.7 Å². The molecule has 1 amide bonds. The number of ether oxygens (including phenoxy) is 1. The number of hydrogen-bond donors (Lipinski definition) is 3.